The molecule has 5 nitrogen and oxygen atoms in total. The highest BCUT2D eigenvalue weighted by Crippen LogP contribution is 2.32. The summed E-state index contributed by atoms with van der Waals surface area (Å²) in [6, 6.07) is 16.5. The van der Waals surface area contributed by atoms with E-state index in [9.17, 15) is 4.79 Å². The van der Waals surface area contributed by atoms with Crippen molar-refractivity contribution in [2.75, 3.05) is 12.4 Å². The molecular weight excluding hydrogens is 388 g/mol. The average Bonchev–Trinajstić information content (AvgIpc) is 3.10. The van der Waals surface area contributed by atoms with Crippen molar-refractivity contribution in [3.63, 3.8) is 0 Å². The van der Waals surface area contributed by atoms with Gasteiger partial charge in [-0.25, -0.2) is 4.98 Å². The van der Waals surface area contributed by atoms with Crippen molar-refractivity contribution in [3.8, 4) is 17.2 Å². The van der Waals surface area contributed by atoms with Crippen molar-refractivity contribution < 1.29 is 13.9 Å². The van der Waals surface area contributed by atoms with Gasteiger partial charge in [-0.15, -0.1) is 0 Å². The summed E-state index contributed by atoms with van der Waals surface area (Å²) in [5, 5.41) is 3.47. The van der Waals surface area contributed by atoms with Crippen LogP contribution >= 0.6 is 11.6 Å². The maximum absolute atomic E-state index is 12.7. The van der Waals surface area contributed by atoms with Crippen LogP contribution < -0.4 is 10.1 Å². The molecule has 1 amide bonds. The lowest BCUT2D eigenvalue weighted by molar-refractivity contribution is 0.102. The summed E-state index contributed by atoms with van der Waals surface area (Å²) in [4.78, 5) is 17.3. The fourth-order valence-electron chi connectivity index (χ4n) is 3.21. The quantitative estimate of drug-likeness (QED) is 0.449. The van der Waals surface area contributed by atoms with Crippen LogP contribution in [0.3, 0.4) is 0 Å². The summed E-state index contributed by atoms with van der Waals surface area (Å²) in [5.41, 5.74) is 5.01. The van der Waals surface area contributed by atoms with Gasteiger partial charge in [0.15, 0.2) is 5.58 Å². The summed E-state index contributed by atoms with van der Waals surface area (Å²) in [5.74, 6) is 0.743. The SMILES string of the molecule is COc1c(C)cccc1C(=O)Nc1ccc2oc(-c3ccc(C)cc3Cl)nc2c1. The first-order chi connectivity index (χ1) is 14.0. The third-order valence-corrected chi connectivity index (χ3v) is 4.97. The highest BCUT2D eigenvalue weighted by Gasteiger charge is 2.16. The number of carbonyl (C=O) groups is 1. The van der Waals surface area contributed by atoms with E-state index in [4.69, 9.17) is 20.8 Å². The minimum atomic E-state index is -0.254. The van der Waals surface area contributed by atoms with E-state index in [-0.39, 0.29) is 5.91 Å². The van der Waals surface area contributed by atoms with Crippen molar-refractivity contribution in [1.29, 1.82) is 0 Å². The Balaban J connectivity index is 1.64. The second kappa shape index (κ2) is 7.60. The molecule has 4 rings (SSSR count). The third-order valence-electron chi connectivity index (χ3n) is 4.66. The molecule has 146 valence electrons. The Bertz CT molecular complexity index is 1230. The summed E-state index contributed by atoms with van der Waals surface area (Å²) < 4.78 is 11.2. The number of amides is 1. The molecule has 0 aliphatic carbocycles. The maximum atomic E-state index is 12.7. The lowest BCUT2D eigenvalue weighted by Crippen LogP contribution is -2.13. The Morgan fingerprint density at radius 2 is 1.93 bits per heavy atom. The Morgan fingerprint density at radius 1 is 1.10 bits per heavy atom. The largest absolute Gasteiger partial charge is 0.496 e. The number of ether oxygens (including phenoxy) is 1. The number of carbonyl (C=O) groups excluding carboxylic acids is 1. The van der Waals surface area contributed by atoms with E-state index in [1.807, 2.05) is 44.2 Å². The van der Waals surface area contributed by atoms with Crippen molar-refractivity contribution >= 4 is 34.3 Å². The zero-order chi connectivity index (χ0) is 20.5. The molecule has 4 aromatic rings. The van der Waals surface area contributed by atoms with E-state index < -0.39 is 0 Å². The molecule has 29 heavy (non-hydrogen) atoms. The predicted octanol–water partition coefficient (Wildman–Crippen LogP) is 6.03. The second-order valence-corrected chi connectivity index (χ2v) is 7.20. The van der Waals surface area contributed by atoms with Gasteiger partial charge in [0.05, 0.1) is 23.3 Å². The van der Waals surface area contributed by atoms with E-state index in [2.05, 4.69) is 10.3 Å². The van der Waals surface area contributed by atoms with Crippen LogP contribution in [0.25, 0.3) is 22.6 Å². The molecule has 0 aliphatic rings. The normalized spacial score (nSPS) is 10.9. The standard InChI is InChI=1S/C23H19ClN2O3/c1-13-7-9-16(18(24)11-13)23-26-19-12-15(8-10-20(19)29-23)25-22(27)17-6-4-5-14(2)21(17)28-3/h4-12H,1-3H3,(H,25,27). The molecule has 0 unspecified atom stereocenters. The molecular formula is C23H19ClN2O3. The number of rotatable bonds is 4. The number of nitrogens with zero attached hydrogens (tertiary/aromatic N) is 1. The van der Waals surface area contributed by atoms with Gasteiger partial charge in [-0.3, -0.25) is 4.79 Å². The van der Waals surface area contributed by atoms with Gasteiger partial charge >= 0.3 is 0 Å². The molecule has 0 saturated carbocycles. The smallest absolute Gasteiger partial charge is 0.259 e. The Kier molecular flexibility index (Phi) is 4.99. The van der Waals surface area contributed by atoms with Gasteiger partial charge in [-0.05, 0) is 61.4 Å². The number of anilines is 1. The van der Waals surface area contributed by atoms with Gasteiger partial charge in [0.2, 0.25) is 5.89 Å². The molecule has 0 atom stereocenters. The number of aromatic nitrogens is 1. The summed E-state index contributed by atoms with van der Waals surface area (Å²) >= 11 is 6.33. The topological polar surface area (TPSA) is 64.4 Å². The maximum Gasteiger partial charge on any atom is 0.259 e. The molecule has 0 aliphatic heterocycles. The van der Waals surface area contributed by atoms with Gasteiger partial charge in [-0.2, -0.15) is 0 Å². The zero-order valence-electron chi connectivity index (χ0n) is 16.2. The minimum absolute atomic E-state index is 0.254. The lowest BCUT2D eigenvalue weighted by Gasteiger charge is -2.11. The van der Waals surface area contributed by atoms with Crippen molar-refractivity contribution in [3.05, 3.63) is 76.3 Å². The average molecular weight is 407 g/mol. The van der Waals surface area contributed by atoms with Crippen LogP contribution in [-0.2, 0) is 0 Å². The molecule has 1 aromatic heterocycles. The first-order valence-corrected chi connectivity index (χ1v) is 9.46. The molecule has 0 spiro atoms. The summed E-state index contributed by atoms with van der Waals surface area (Å²) in [6.07, 6.45) is 0. The minimum Gasteiger partial charge on any atom is -0.496 e. The van der Waals surface area contributed by atoms with Crippen LogP contribution in [0.2, 0.25) is 5.02 Å². The number of methoxy groups -OCH3 is 1. The number of oxazole rings is 1. The van der Waals surface area contributed by atoms with E-state index >= 15 is 0 Å². The zero-order valence-corrected chi connectivity index (χ0v) is 17.0. The number of fused-ring (bicyclic) bond motifs is 1. The Labute approximate surface area is 173 Å². The highest BCUT2D eigenvalue weighted by atomic mass is 35.5. The number of benzene rings is 3. The molecule has 0 fully saturated rings. The number of hydrogen-bond acceptors (Lipinski definition) is 4. The highest BCUT2D eigenvalue weighted by molar-refractivity contribution is 6.33. The fourth-order valence-corrected chi connectivity index (χ4v) is 3.53. The van der Waals surface area contributed by atoms with Crippen LogP contribution in [0.4, 0.5) is 5.69 Å². The van der Waals surface area contributed by atoms with Gasteiger partial charge in [0, 0.05) is 5.69 Å². The van der Waals surface area contributed by atoms with Crippen molar-refractivity contribution in [1.82, 2.24) is 4.98 Å². The number of aryl methyl sites for hydroxylation is 2. The van der Waals surface area contributed by atoms with Crippen LogP contribution in [0, 0.1) is 13.8 Å². The summed E-state index contributed by atoms with van der Waals surface area (Å²) in [6.45, 7) is 3.87. The molecule has 0 radical (unpaired) electrons. The molecule has 0 bridgehead atoms. The summed E-state index contributed by atoms with van der Waals surface area (Å²) in [7, 11) is 1.55. The van der Waals surface area contributed by atoms with Gasteiger partial charge < -0.3 is 14.5 Å². The number of halogens is 1. The monoisotopic (exact) mass is 406 g/mol. The van der Waals surface area contributed by atoms with E-state index in [0.717, 1.165) is 16.7 Å². The van der Waals surface area contributed by atoms with Gasteiger partial charge in [0.1, 0.15) is 11.3 Å². The number of hydrogen-bond donors (Lipinski definition) is 1. The molecule has 3 aromatic carbocycles. The first kappa shape index (κ1) is 19.0. The number of nitrogens with one attached hydrogen (secondary N) is 1. The fraction of sp³-hybridized carbons (Fsp3) is 0.130. The number of para-hydroxylation sites is 1. The van der Waals surface area contributed by atoms with Crippen LogP contribution in [0.5, 0.6) is 5.75 Å². The Hall–Kier alpha value is -3.31. The van der Waals surface area contributed by atoms with E-state index in [1.54, 1.807) is 31.4 Å². The van der Waals surface area contributed by atoms with E-state index in [0.29, 0.717) is 39.0 Å². The van der Waals surface area contributed by atoms with Crippen molar-refractivity contribution in [2.24, 2.45) is 0 Å². The predicted molar refractivity (Wildman–Crippen MR) is 115 cm³/mol. The molecule has 1 heterocycles. The third kappa shape index (κ3) is 3.69. The van der Waals surface area contributed by atoms with Gasteiger partial charge in [0.25, 0.3) is 5.91 Å². The molecule has 6 heteroatoms. The van der Waals surface area contributed by atoms with E-state index in [1.165, 1.54) is 0 Å². The van der Waals surface area contributed by atoms with Crippen LogP contribution in [-0.4, -0.2) is 18.0 Å². The van der Waals surface area contributed by atoms with Crippen LogP contribution in [0.1, 0.15) is 21.5 Å². The van der Waals surface area contributed by atoms with Crippen molar-refractivity contribution in [2.45, 2.75) is 13.8 Å². The van der Waals surface area contributed by atoms with Gasteiger partial charge in [-0.1, -0.05) is 29.8 Å². The Morgan fingerprint density at radius 3 is 2.69 bits per heavy atom. The van der Waals surface area contributed by atoms with Crippen LogP contribution in [0.15, 0.2) is 59.0 Å². The molecule has 1 N–H and O–H groups in total. The lowest BCUT2D eigenvalue weighted by atomic mass is 10.1. The first-order valence-electron chi connectivity index (χ1n) is 9.08. The second-order valence-electron chi connectivity index (χ2n) is 6.79. The molecule has 0 saturated heterocycles.